The number of aromatic nitrogens is 2. The molecule has 3 nitrogen and oxygen atoms in total. The van der Waals surface area contributed by atoms with E-state index in [2.05, 4.69) is 23.1 Å². The number of nitrogens with two attached hydrogens (primary N) is 1. The average molecular weight is 243 g/mol. The number of allylic oxidation sites excluding steroid dienone is 4. The van der Waals surface area contributed by atoms with Crippen molar-refractivity contribution < 1.29 is 0 Å². The summed E-state index contributed by atoms with van der Waals surface area (Å²) in [7, 11) is 0. The second kappa shape index (κ2) is 4.51. The van der Waals surface area contributed by atoms with Crippen LogP contribution in [0.15, 0.2) is 37.5 Å². The Balaban J connectivity index is 2.67. The van der Waals surface area contributed by atoms with Crippen LogP contribution in [0.5, 0.6) is 0 Å². The van der Waals surface area contributed by atoms with Gasteiger partial charge in [-0.2, -0.15) is 0 Å². The lowest BCUT2D eigenvalue weighted by Crippen LogP contribution is -1.98. The lowest BCUT2D eigenvalue weighted by Gasteiger charge is -2.02. The lowest BCUT2D eigenvalue weighted by atomic mass is 10.2. The minimum atomic E-state index is 0.506. The highest BCUT2D eigenvalue weighted by atomic mass is 32.1. The van der Waals surface area contributed by atoms with Gasteiger partial charge >= 0.3 is 0 Å². The van der Waals surface area contributed by atoms with E-state index in [1.54, 1.807) is 23.5 Å². The molecule has 0 aliphatic carbocycles. The standard InChI is InChI=1S/C13H13N3S/c1-4-6-9(5-2)12-15-11(14)10-7-8(3)17-13(10)16-12/h4-7H,1-2H2,3H3,(H2,14,15,16)/b9-6+. The molecule has 0 aliphatic heterocycles. The number of thiophene rings is 1. The topological polar surface area (TPSA) is 51.8 Å². The molecule has 0 saturated heterocycles. The Morgan fingerprint density at radius 3 is 2.82 bits per heavy atom. The van der Waals surface area contributed by atoms with Gasteiger partial charge in [0.05, 0.1) is 5.39 Å². The summed E-state index contributed by atoms with van der Waals surface area (Å²) in [6.07, 6.45) is 5.19. The summed E-state index contributed by atoms with van der Waals surface area (Å²) in [5.41, 5.74) is 6.75. The largest absolute Gasteiger partial charge is 0.383 e. The third-order valence-electron chi connectivity index (χ3n) is 2.32. The monoisotopic (exact) mass is 243 g/mol. The number of hydrogen-bond donors (Lipinski definition) is 1. The quantitative estimate of drug-likeness (QED) is 0.841. The Kier molecular flexibility index (Phi) is 3.06. The van der Waals surface area contributed by atoms with Gasteiger partial charge in [-0.15, -0.1) is 11.3 Å². The van der Waals surface area contributed by atoms with Gasteiger partial charge in [0, 0.05) is 10.5 Å². The van der Waals surface area contributed by atoms with Crippen LogP contribution in [0.1, 0.15) is 10.7 Å². The van der Waals surface area contributed by atoms with Crippen LogP contribution in [0.2, 0.25) is 0 Å². The fourth-order valence-corrected chi connectivity index (χ4v) is 2.44. The van der Waals surface area contributed by atoms with Crippen molar-refractivity contribution in [3.05, 3.63) is 48.2 Å². The van der Waals surface area contributed by atoms with Crippen LogP contribution in [0.3, 0.4) is 0 Å². The van der Waals surface area contributed by atoms with E-state index in [1.807, 2.05) is 19.1 Å². The Hall–Kier alpha value is -1.94. The Labute approximate surface area is 104 Å². The third-order valence-corrected chi connectivity index (χ3v) is 3.27. The van der Waals surface area contributed by atoms with Crippen LogP contribution in [0.25, 0.3) is 15.8 Å². The maximum absolute atomic E-state index is 5.93. The van der Waals surface area contributed by atoms with E-state index in [4.69, 9.17) is 5.73 Å². The normalized spacial score (nSPS) is 11.7. The maximum atomic E-state index is 5.93. The molecule has 2 rings (SSSR count). The van der Waals surface area contributed by atoms with Gasteiger partial charge in [0.25, 0.3) is 0 Å². The highest BCUT2D eigenvalue weighted by Gasteiger charge is 2.09. The van der Waals surface area contributed by atoms with Crippen LogP contribution in [-0.2, 0) is 0 Å². The molecule has 0 radical (unpaired) electrons. The van der Waals surface area contributed by atoms with Gasteiger partial charge in [0.15, 0.2) is 5.82 Å². The second-order valence-corrected chi connectivity index (χ2v) is 4.80. The molecule has 17 heavy (non-hydrogen) atoms. The third kappa shape index (κ3) is 2.12. The fraction of sp³-hybridized carbons (Fsp3) is 0.0769. The van der Waals surface area contributed by atoms with Crippen molar-refractivity contribution in [2.45, 2.75) is 6.92 Å². The molecule has 0 saturated carbocycles. The zero-order valence-electron chi connectivity index (χ0n) is 9.60. The molecule has 0 unspecified atom stereocenters. The van der Waals surface area contributed by atoms with E-state index < -0.39 is 0 Å². The van der Waals surface area contributed by atoms with Gasteiger partial charge in [0.1, 0.15) is 10.6 Å². The molecule has 0 aromatic carbocycles. The zero-order chi connectivity index (χ0) is 12.4. The van der Waals surface area contributed by atoms with Gasteiger partial charge in [-0.25, -0.2) is 9.97 Å². The minimum absolute atomic E-state index is 0.506. The zero-order valence-corrected chi connectivity index (χ0v) is 10.4. The molecule has 4 heteroatoms. The molecular weight excluding hydrogens is 230 g/mol. The first kappa shape index (κ1) is 11.5. The van der Waals surface area contributed by atoms with E-state index in [1.165, 1.54) is 4.88 Å². The molecule has 0 amide bonds. The van der Waals surface area contributed by atoms with Gasteiger partial charge in [0.2, 0.25) is 0 Å². The molecule has 2 heterocycles. The Bertz CT molecular complexity index is 623. The predicted octanol–water partition coefficient (Wildman–Crippen LogP) is 3.34. The number of aryl methyl sites for hydroxylation is 1. The number of anilines is 1. The van der Waals surface area contributed by atoms with E-state index >= 15 is 0 Å². The van der Waals surface area contributed by atoms with Crippen molar-refractivity contribution in [2.24, 2.45) is 0 Å². The van der Waals surface area contributed by atoms with Gasteiger partial charge in [-0.05, 0) is 13.0 Å². The van der Waals surface area contributed by atoms with Crippen LogP contribution in [0.4, 0.5) is 5.82 Å². The summed E-state index contributed by atoms with van der Waals surface area (Å²) >= 11 is 1.61. The van der Waals surface area contributed by atoms with Crippen LogP contribution < -0.4 is 5.73 Å². The number of hydrogen-bond acceptors (Lipinski definition) is 4. The lowest BCUT2D eigenvalue weighted by molar-refractivity contribution is 1.19. The van der Waals surface area contributed by atoms with E-state index in [0.717, 1.165) is 15.8 Å². The van der Waals surface area contributed by atoms with Crippen LogP contribution >= 0.6 is 11.3 Å². The number of fused-ring (bicyclic) bond motifs is 1. The fourth-order valence-electron chi connectivity index (χ4n) is 1.55. The molecule has 0 fully saturated rings. The average Bonchev–Trinajstić information content (AvgIpc) is 2.67. The molecule has 0 aliphatic rings. The maximum Gasteiger partial charge on any atom is 0.163 e. The Morgan fingerprint density at radius 1 is 1.41 bits per heavy atom. The number of nitrogens with zero attached hydrogens (tertiary/aromatic N) is 2. The second-order valence-electron chi connectivity index (χ2n) is 3.57. The molecule has 86 valence electrons. The number of nitrogen functional groups attached to an aromatic ring is 1. The van der Waals surface area contributed by atoms with E-state index in [9.17, 15) is 0 Å². The van der Waals surface area contributed by atoms with Crippen molar-refractivity contribution in [1.29, 1.82) is 0 Å². The van der Waals surface area contributed by atoms with Gasteiger partial charge in [-0.3, -0.25) is 0 Å². The number of rotatable bonds is 3. The van der Waals surface area contributed by atoms with E-state index in [0.29, 0.717) is 11.6 Å². The first-order valence-electron chi connectivity index (χ1n) is 5.15. The van der Waals surface area contributed by atoms with Crippen molar-refractivity contribution in [3.8, 4) is 0 Å². The van der Waals surface area contributed by atoms with Crippen LogP contribution in [-0.4, -0.2) is 9.97 Å². The Morgan fingerprint density at radius 2 is 2.18 bits per heavy atom. The molecule has 2 aromatic rings. The predicted molar refractivity (Wildman–Crippen MR) is 74.9 cm³/mol. The highest BCUT2D eigenvalue weighted by Crippen LogP contribution is 2.28. The highest BCUT2D eigenvalue weighted by molar-refractivity contribution is 7.18. The summed E-state index contributed by atoms with van der Waals surface area (Å²) in [5.74, 6) is 1.10. The van der Waals surface area contributed by atoms with Crippen LogP contribution in [0, 0.1) is 6.92 Å². The van der Waals surface area contributed by atoms with E-state index in [-0.39, 0.29) is 0 Å². The first-order valence-corrected chi connectivity index (χ1v) is 5.96. The summed E-state index contributed by atoms with van der Waals surface area (Å²) in [4.78, 5) is 10.9. The molecule has 0 atom stereocenters. The molecular formula is C13H13N3S. The smallest absolute Gasteiger partial charge is 0.163 e. The SMILES string of the molecule is C=C/C=C(\C=C)c1nc(N)c2cc(C)sc2n1. The summed E-state index contributed by atoms with van der Waals surface area (Å²) in [5, 5.41) is 0.915. The molecule has 2 aromatic heterocycles. The van der Waals surface area contributed by atoms with Crippen molar-refractivity contribution in [1.82, 2.24) is 9.97 Å². The minimum Gasteiger partial charge on any atom is -0.383 e. The van der Waals surface area contributed by atoms with Gasteiger partial charge in [-0.1, -0.05) is 31.4 Å². The van der Waals surface area contributed by atoms with Crippen molar-refractivity contribution >= 4 is 32.9 Å². The molecule has 0 bridgehead atoms. The molecule has 0 spiro atoms. The van der Waals surface area contributed by atoms with Crippen molar-refractivity contribution in [2.75, 3.05) is 5.73 Å². The van der Waals surface area contributed by atoms with Crippen molar-refractivity contribution in [3.63, 3.8) is 0 Å². The summed E-state index contributed by atoms with van der Waals surface area (Å²) in [6, 6.07) is 2.00. The molecule has 2 N–H and O–H groups in total. The van der Waals surface area contributed by atoms with Gasteiger partial charge < -0.3 is 5.73 Å². The summed E-state index contributed by atoms with van der Waals surface area (Å²) in [6.45, 7) is 9.42. The first-order chi connectivity index (χ1) is 8.15. The summed E-state index contributed by atoms with van der Waals surface area (Å²) < 4.78 is 0.